The minimum absolute atomic E-state index is 0.0948. The fourth-order valence-corrected chi connectivity index (χ4v) is 1.86. The van der Waals surface area contributed by atoms with Crippen molar-refractivity contribution in [3.05, 3.63) is 29.0 Å². The van der Waals surface area contributed by atoms with Gasteiger partial charge in [-0.25, -0.2) is 4.79 Å². The highest BCUT2D eigenvalue weighted by Gasteiger charge is 2.17. The van der Waals surface area contributed by atoms with E-state index in [0.29, 0.717) is 22.9 Å². The number of aldehydes is 1. The number of benzene rings is 1. The van der Waals surface area contributed by atoms with Crippen LogP contribution in [-0.4, -0.2) is 29.5 Å². The highest BCUT2D eigenvalue weighted by atomic mass is 16.5. The second-order valence-corrected chi connectivity index (χ2v) is 3.70. The molecule has 2 N–H and O–H groups in total. The van der Waals surface area contributed by atoms with Crippen LogP contribution in [0.5, 0.6) is 5.75 Å². The number of nitrogens with one attached hydrogen (secondary N) is 1. The minimum Gasteiger partial charge on any atom is -0.496 e. The number of aromatic nitrogens is 1. The molecule has 88 valence electrons. The Labute approximate surface area is 97.0 Å². The summed E-state index contributed by atoms with van der Waals surface area (Å²) in [5, 5.41) is 9.53. The number of hydrogen-bond donors (Lipinski definition) is 2. The summed E-state index contributed by atoms with van der Waals surface area (Å²) in [7, 11) is 1.53. The Morgan fingerprint density at radius 3 is 2.71 bits per heavy atom. The molecular formula is C12H11NO4. The molecule has 2 rings (SSSR count). The first-order valence-corrected chi connectivity index (χ1v) is 4.97. The first-order chi connectivity index (χ1) is 8.08. The van der Waals surface area contributed by atoms with Crippen molar-refractivity contribution >= 4 is 23.2 Å². The molecule has 0 amide bonds. The standard InChI is InChI=1S/C12H11NO4/c1-6-3-9-7(4-10(6)17-2)8(5-14)11(13-9)12(15)16/h3-5,13H,1-2H3,(H,15,16). The van der Waals surface area contributed by atoms with E-state index in [0.717, 1.165) is 5.56 Å². The summed E-state index contributed by atoms with van der Waals surface area (Å²) in [5.74, 6) is -0.531. The first-order valence-electron chi connectivity index (χ1n) is 4.97. The number of carboxylic acid groups (broad SMARTS) is 1. The molecule has 0 saturated heterocycles. The lowest BCUT2D eigenvalue weighted by molar-refractivity contribution is 0.0688. The van der Waals surface area contributed by atoms with Gasteiger partial charge in [0.1, 0.15) is 11.4 Å². The third-order valence-electron chi connectivity index (χ3n) is 2.69. The van der Waals surface area contributed by atoms with Gasteiger partial charge in [-0.3, -0.25) is 4.79 Å². The molecule has 0 unspecified atom stereocenters. The van der Waals surface area contributed by atoms with Crippen molar-refractivity contribution < 1.29 is 19.4 Å². The molecule has 0 spiro atoms. The fraction of sp³-hybridized carbons (Fsp3) is 0.167. The van der Waals surface area contributed by atoms with E-state index in [-0.39, 0.29) is 11.3 Å². The highest BCUT2D eigenvalue weighted by Crippen LogP contribution is 2.28. The van der Waals surface area contributed by atoms with E-state index in [9.17, 15) is 9.59 Å². The molecule has 0 radical (unpaired) electrons. The molecule has 0 aliphatic rings. The monoisotopic (exact) mass is 233 g/mol. The summed E-state index contributed by atoms with van der Waals surface area (Å²) < 4.78 is 5.15. The molecule has 1 aromatic heterocycles. The van der Waals surface area contributed by atoms with Gasteiger partial charge >= 0.3 is 5.97 Å². The number of carbonyl (C=O) groups excluding carboxylic acids is 1. The number of aromatic amines is 1. The minimum atomic E-state index is -1.15. The molecule has 0 saturated carbocycles. The Kier molecular flexibility index (Phi) is 2.59. The van der Waals surface area contributed by atoms with Crippen LogP contribution in [0.15, 0.2) is 12.1 Å². The molecule has 17 heavy (non-hydrogen) atoms. The van der Waals surface area contributed by atoms with Gasteiger partial charge in [0.2, 0.25) is 0 Å². The predicted octanol–water partition coefficient (Wildman–Crippen LogP) is 2.00. The smallest absolute Gasteiger partial charge is 0.353 e. The number of ether oxygens (including phenoxy) is 1. The van der Waals surface area contributed by atoms with E-state index in [2.05, 4.69) is 4.98 Å². The second-order valence-electron chi connectivity index (χ2n) is 3.70. The number of H-pyrrole nitrogens is 1. The predicted molar refractivity (Wildman–Crippen MR) is 61.9 cm³/mol. The van der Waals surface area contributed by atoms with Gasteiger partial charge in [-0.15, -0.1) is 0 Å². The summed E-state index contributed by atoms with van der Waals surface area (Å²) >= 11 is 0. The quantitative estimate of drug-likeness (QED) is 0.794. The van der Waals surface area contributed by atoms with Gasteiger partial charge in [0.15, 0.2) is 6.29 Å². The zero-order valence-corrected chi connectivity index (χ0v) is 9.40. The van der Waals surface area contributed by atoms with E-state index >= 15 is 0 Å². The van der Waals surface area contributed by atoms with Crippen LogP contribution in [0.1, 0.15) is 26.4 Å². The van der Waals surface area contributed by atoms with Crippen molar-refractivity contribution in [3.8, 4) is 5.75 Å². The van der Waals surface area contributed by atoms with Gasteiger partial charge in [0.05, 0.1) is 12.7 Å². The maximum absolute atomic E-state index is 11.0. The maximum atomic E-state index is 11.0. The molecule has 5 heteroatoms. The van der Waals surface area contributed by atoms with Gasteiger partial charge in [-0.2, -0.15) is 0 Å². The van der Waals surface area contributed by atoms with Crippen molar-refractivity contribution in [2.24, 2.45) is 0 Å². The molecule has 0 fully saturated rings. The second kappa shape index (κ2) is 3.93. The van der Waals surface area contributed by atoms with E-state index in [1.54, 1.807) is 12.1 Å². The van der Waals surface area contributed by atoms with Crippen molar-refractivity contribution in [2.45, 2.75) is 6.92 Å². The average Bonchev–Trinajstić information content (AvgIpc) is 2.65. The number of fused-ring (bicyclic) bond motifs is 1. The zero-order chi connectivity index (χ0) is 12.6. The third-order valence-corrected chi connectivity index (χ3v) is 2.69. The summed E-state index contributed by atoms with van der Waals surface area (Å²) in [6.45, 7) is 1.85. The number of aryl methyl sites for hydroxylation is 1. The Morgan fingerprint density at radius 2 is 2.18 bits per heavy atom. The summed E-state index contributed by atoms with van der Waals surface area (Å²) in [4.78, 5) is 24.7. The Morgan fingerprint density at radius 1 is 1.47 bits per heavy atom. The summed E-state index contributed by atoms with van der Waals surface area (Å²) in [5.41, 5.74) is 1.53. The Hall–Kier alpha value is -2.30. The van der Waals surface area contributed by atoms with Crippen molar-refractivity contribution in [1.29, 1.82) is 0 Å². The zero-order valence-electron chi connectivity index (χ0n) is 9.40. The molecule has 0 atom stereocenters. The van der Waals surface area contributed by atoms with Crippen LogP contribution in [0.2, 0.25) is 0 Å². The highest BCUT2D eigenvalue weighted by molar-refractivity contribution is 6.08. The van der Waals surface area contributed by atoms with Gasteiger partial charge < -0.3 is 14.8 Å². The van der Waals surface area contributed by atoms with Crippen molar-refractivity contribution in [3.63, 3.8) is 0 Å². The maximum Gasteiger partial charge on any atom is 0.353 e. The van der Waals surface area contributed by atoms with Crippen LogP contribution in [-0.2, 0) is 0 Å². The van der Waals surface area contributed by atoms with Crippen LogP contribution in [0.25, 0.3) is 10.9 Å². The lowest BCUT2D eigenvalue weighted by Crippen LogP contribution is -2.00. The lowest BCUT2D eigenvalue weighted by atomic mass is 10.1. The molecule has 0 bridgehead atoms. The van der Waals surface area contributed by atoms with Crippen molar-refractivity contribution in [2.75, 3.05) is 7.11 Å². The SMILES string of the molecule is COc1cc2c(C=O)c(C(=O)O)[nH]c2cc1C. The van der Waals surface area contributed by atoms with Crippen LogP contribution >= 0.6 is 0 Å². The molecule has 0 aliphatic carbocycles. The number of carbonyl (C=O) groups is 2. The largest absolute Gasteiger partial charge is 0.496 e. The summed E-state index contributed by atoms with van der Waals surface area (Å²) in [6, 6.07) is 3.42. The molecule has 2 aromatic rings. The molecule has 5 nitrogen and oxygen atoms in total. The number of methoxy groups -OCH3 is 1. The average molecular weight is 233 g/mol. The van der Waals surface area contributed by atoms with Crippen LogP contribution < -0.4 is 4.74 Å². The fourth-order valence-electron chi connectivity index (χ4n) is 1.86. The van der Waals surface area contributed by atoms with Crippen LogP contribution in [0, 0.1) is 6.92 Å². The van der Waals surface area contributed by atoms with Crippen molar-refractivity contribution in [1.82, 2.24) is 4.98 Å². The molecule has 1 aromatic carbocycles. The van der Waals surface area contributed by atoms with E-state index in [4.69, 9.17) is 9.84 Å². The van der Waals surface area contributed by atoms with Gasteiger partial charge in [-0.05, 0) is 24.6 Å². The topological polar surface area (TPSA) is 79.4 Å². The number of aromatic carboxylic acids is 1. The van der Waals surface area contributed by atoms with Crippen LogP contribution in [0.4, 0.5) is 0 Å². The van der Waals surface area contributed by atoms with Gasteiger partial charge in [-0.1, -0.05) is 0 Å². The van der Waals surface area contributed by atoms with Gasteiger partial charge in [0.25, 0.3) is 0 Å². The Balaban J connectivity index is 2.83. The third kappa shape index (κ3) is 1.65. The lowest BCUT2D eigenvalue weighted by Gasteiger charge is -2.04. The molecule has 0 aliphatic heterocycles. The first kappa shape index (κ1) is 11.2. The summed E-state index contributed by atoms with van der Waals surface area (Å²) in [6.07, 6.45) is 0.539. The van der Waals surface area contributed by atoms with E-state index < -0.39 is 5.97 Å². The molecule has 1 heterocycles. The number of rotatable bonds is 3. The molecular weight excluding hydrogens is 222 g/mol. The van der Waals surface area contributed by atoms with Gasteiger partial charge in [0, 0.05) is 10.9 Å². The number of carboxylic acids is 1. The Bertz CT molecular complexity index is 612. The van der Waals surface area contributed by atoms with E-state index in [1.807, 2.05) is 6.92 Å². The normalized spacial score (nSPS) is 10.5. The van der Waals surface area contributed by atoms with Crippen LogP contribution in [0.3, 0.4) is 0 Å². The number of hydrogen-bond acceptors (Lipinski definition) is 3. The van der Waals surface area contributed by atoms with E-state index in [1.165, 1.54) is 7.11 Å².